The van der Waals surface area contributed by atoms with Gasteiger partial charge in [0.2, 0.25) is 0 Å². The van der Waals surface area contributed by atoms with E-state index in [1.807, 2.05) is 42.5 Å². The molecule has 0 aliphatic heterocycles. The molecule has 0 saturated heterocycles. The number of carbonyl (C=O) groups excluding carboxylic acids is 1. The van der Waals surface area contributed by atoms with E-state index in [2.05, 4.69) is 15.3 Å². The number of hydrogen-bond acceptors (Lipinski definition) is 5. The number of nitrogen functional groups attached to an aromatic ring is 1. The van der Waals surface area contributed by atoms with Crippen LogP contribution in [0.1, 0.15) is 15.9 Å². The quantitative estimate of drug-likeness (QED) is 0.332. The van der Waals surface area contributed by atoms with E-state index in [-0.39, 0.29) is 17.1 Å². The minimum Gasteiger partial charge on any atom is -0.382 e. The van der Waals surface area contributed by atoms with Crippen LogP contribution in [0, 0.1) is 5.82 Å². The lowest BCUT2D eigenvalue weighted by Gasteiger charge is -2.09. The van der Waals surface area contributed by atoms with Crippen molar-refractivity contribution in [1.29, 1.82) is 0 Å². The van der Waals surface area contributed by atoms with Gasteiger partial charge in [0, 0.05) is 11.3 Å². The Labute approximate surface area is 175 Å². The molecule has 0 spiro atoms. The number of aromatic amines is 1. The standard InChI is InChI=1S/C22H17FN4O2S/c23-16-10-8-14(9-11-16)20(28)25-18-19(24)26-22(27-21(18)29)30-12-15-6-3-5-13-4-1-2-7-17(13)15/h1-11H,12H2,(H,25,28)(H3,24,26,27,29). The first-order valence-corrected chi connectivity index (χ1v) is 10.1. The van der Waals surface area contributed by atoms with Gasteiger partial charge >= 0.3 is 0 Å². The van der Waals surface area contributed by atoms with E-state index in [0.29, 0.717) is 10.9 Å². The average molecular weight is 420 g/mol. The van der Waals surface area contributed by atoms with Crippen LogP contribution in [0.15, 0.2) is 76.7 Å². The molecule has 0 saturated carbocycles. The van der Waals surface area contributed by atoms with Gasteiger partial charge in [-0.25, -0.2) is 9.37 Å². The third-order valence-electron chi connectivity index (χ3n) is 4.51. The van der Waals surface area contributed by atoms with Gasteiger partial charge in [-0.3, -0.25) is 14.6 Å². The molecule has 1 aromatic heterocycles. The molecule has 4 rings (SSSR count). The Morgan fingerprint density at radius 1 is 1.07 bits per heavy atom. The van der Waals surface area contributed by atoms with E-state index in [1.165, 1.54) is 23.9 Å². The fraction of sp³-hybridized carbons (Fsp3) is 0.0455. The molecular weight excluding hydrogens is 403 g/mol. The lowest BCUT2D eigenvalue weighted by molar-refractivity contribution is 0.102. The molecule has 3 aromatic carbocycles. The number of nitrogens with zero attached hydrogens (tertiary/aromatic N) is 1. The molecule has 8 heteroatoms. The Kier molecular flexibility index (Phi) is 5.49. The second-order valence-corrected chi connectivity index (χ2v) is 7.48. The number of rotatable bonds is 5. The van der Waals surface area contributed by atoms with Crippen LogP contribution in [0.25, 0.3) is 10.8 Å². The summed E-state index contributed by atoms with van der Waals surface area (Å²) in [6.45, 7) is 0. The zero-order chi connectivity index (χ0) is 21.1. The molecule has 0 bridgehead atoms. The number of carbonyl (C=O) groups is 1. The van der Waals surface area contributed by atoms with Gasteiger partial charge in [0.15, 0.2) is 11.0 Å². The number of amides is 1. The Morgan fingerprint density at radius 3 is 2.57 bits per heavy atom. The van der Waals surface area contributed by atoms with Crippen molar-refractivity contribution >= 4 is 39.9 Å². The number of benzene rings is 3. The lowest BCUT2D eigenvalue weighted by atomic mass is 10.1. The van der Waals surface area contributed by atoms with Crippen molar-refractivity contribution in [2.75, 3.05) is 11.1 Å². The zero-order valence-electron chi connectivity index (χ0n) is 15.7. The Balaban J connectivity index is 1.52. The van der Waals surface area contributed by atoms with Gasteiger partial charge in [0.25, 0.3) is 11.5 Å². The van der Waals surface area contributed by atoms with Crippen LogP contribution in [0.2, 0.25) is 0 Å². The highest BCUT2D eigenvalue weighted by atomic mass is 32.2. The van der Waals surface area contributed by atoms with Gasteiger partial charge in [0.1, 0.15) is 11.5 Å². The average Bonchev–Trinajstić information content (AvgIpc) is 2.75. The molecule has 0 fully saturated rings. The second-order valence-electron chi connectivity index (χ2n) is 6.52. The van der Waals surface area contributed by atoms with Crippen molar-refractivity contribution in [1.82, 2.24) is 9.97 Å². The van der Waals surface area contributed by atoms with Gasteiger partial charge in [-0.2, -0.15) is 0 Å². The molecule has 0 radical (unpaired) electrons. The molecule has 150 valence electrons. The summed E-state index contributed by atoms with van der Waals surface area (Å²) < 4.78 is 13.0. The number of nitrogens with one attached hydrogen (secondary N) is 2. The number of anilines is 2. The molecule has 30 heavy (non-hydrogen) atoms. The highest BCUT2D eigenvalue weighted by Crippen LogP contribution is 2.26. The summed E-state index contributed by atoms with van der Waals surface area (Å²) in [5.41, 5.74) is 6.52. The molecule has 6 nitrogen and oxygen atoms in total. The third kappa shape index (κ3) is 4.18. The number of hydrogen-bond donors (Lipinski definition) is 3. The Morgan fingerprint density at radius 2 is 1.80 bits per heavy atom. The van der Waals surface area contributed by atoms with Crippen molar-refractivity contribution in [3.63, 3.8) is 0 Å². The summed E-state index contributed by atoms with van der Waals surface area (Å²) in [5, 5.41) is 5.05. The topological polar surface area (TPSA) is 101 Å². The third-order valence-corrected chi connectivity index (χ3v) is 5.44. The molecule has 0 aliphatic rings. The number of halogens is 1. The normalized spacial score (nSPS) is 10.8. The molecular formula is C22H17FN4O2S. The first-order chi connectivity index (χ1) is 14.5. The minimum atomic E-state index is -0.579. The van der Waals surface area contributed by atoms with Crippen LogP contribution in [0.3, 0.4) is 0 Å². The van der Waals surface area contributed by atoms with Crippen LogP contribution in [-0.4, -0.2) is 15.9 Å². The molecule has 4 N–H and O–H groups in total. The number of nitrogens with two attached hydrogens (primary N) is 1. The molecule has 0 aliphatic carbocycles. The van der Waals surface area contributed by atoms with E-state index in [1.54, 1.807) is 0 Å². The fourth-order valence-corrected chi connectivity index (χ4v) is 3.88. The summed E-state index contributed by atoms with van der Waals surface area (Å²) in [6.07, 6.45) is 0. The number of fused-ring (bicyclic) bond motifs is 1. The van der Waals surface area contributed by atoms with Crippen LogP contribution in [0.4, 0.5) is 15.9 Å². The van der Waals surface area contributed by atoms with Crippen molar-refractivity contribution in [2.45, 2.75) is 10.9 Å². The first-order valence-electron chi connectivity index (χ1n) is 9.07. The predicted octanol–water partition coefficient (Wildman–Crippen LogP) is 4.19. The van der Waals surface area contributed by atoms with Crippen LogP contribution >= 0.6 is 11.8 Å². The van der Waals surface area contributed by atoms with E-state index in [0.717, 1.165) is 28.5 Å². The van der Waals surface area contributed by atoms with Crippen LogP contribution in [-0.2, 0) is 5.75 Å². The van der Waals surface area contributed by atoms with Crippen molar-refractivity contribution in [3.05, 3.63) is 94.0 Å². The molecule has 4 aromatic rings. The SMILES string of the molecule is Nc1nc(SCc2cccc3ccccc23)[nH]c(=O)c1NC(=O)c1ccc(F)cc1. The molecule has 1 heterocycles. The van der Waals surface area contributed by atoms with Crippen molar-refractivity contribution in [3.8, 4) is 0 Å². The van der Waals surface area contributed by atoms with Crippen LogP contribution in [0.5, 0.6) is 0 Å². The number of H-pyrrole nitrogens is 1. The Bertz CT molecular complexity index is 1280. The number of aromatic nitrogens is 2. The van der Waals surface area contributed by atoms with Gasteiger partial charge in [-0.1, -0.05) is 54.2 Å². The molecule has 0 unspecified atom stereocenters. The van der Waals surface area contributed by atoms with E-state index in [9.17, 15) is 14.0 Å². The highest BCUT2D eigenvalue weighted by Gasteiger charge is 2.14. The summed E-state index contributed by atoms with van der Waals surface area (Å²) in [5.74, 6) is -0.539. The number of thioether (sulfide) groups is 1. The zero-order valence-corrected chi connectivity index (χ0v) is 16.5. The highest BCUT2D eigenvalue weighted by molar-refractivity contribution is 7.98. The summed E-state index contributed by atoms with van der Waals surface area (Å²) in [7, 11) is 0. The lowest BCUT2D eigenvalue weighted by Crippen LogP contribution is -2.23. The summed E-state index contributed by atoms with van der Waals surface area (Å²) >= 11 is 1.34. The first kappa shape index (κ1) is 19.7. The van der Waals surface area contributed by atoms with Gasteiger partial charge in [-0.15, -0.1) is 0 Å². The maximum absolute atomic E-state index is 13.0. The Hall–Kier alpha value is -3.65. The smallest absolute Gasteiger partial charge is 0.277 e. The largest absolute Gasteiger partial charge is 0.382 e. The maximum atomic E-state index is 13.0. The second kappa shape index (κ2) is 8.38. The van der Waals surface area contributed by atoms with E-state index < -0.39 is 17.3 Å². The fourth-order valence-electron chi connectivity index (χ4n) is 3.01. The van der Waals surface area contributed by atoms with Gasteiger partial charge in [0.05, 0.1) is 0 Å². The minimum absolute atomic E-state index is 0.0883. The van der Waals surface area contributed by atoms with Gasteiger partial charge in [-0.05, 0) is 40.6 Å². The molecule has 1 amide bonds. The van der Waals surface area contributed by atoms with E-state index >= 15 is 0 Å². The molecule has 0 atom stereocenters. The maximum Gasteiger partial charge on any atom is 0.277 e. The summed E-state index contributed by atoms with van der Waals surface area (Å²) in [4.78, 5) is 31.6. The van der Waals surface area contributed by atoms with Gasteiger partial charge < -0.3 is 11.1 Å². The monoisotopic (exact) mass is 420 g/mol. The van der Waals surface area contributed by atoms with Crippen LogP contribution < -0.4 is 16.6 Å². The van der Waals surface area contributed by atoms with Crippen molar-refractivity contribution in [2.24, 2.45) is 0 Å². The summed E-state index contributed by atoms with van der Waals surface area (Å²) in [6, 6.07) is 19.1. The van der Waals surface area contributed by atoms with Crippen molar-refractivity contribution < 1.29 is 9.18 Å². The predicted molar refractivity (Wildman–Crippen MR) is 117 cm³/mol. The van der Waals surface area contributed by atoms with E-state index in [4.69, 9.17) is 5.73 Å².